The second-order valence-electron chi connectivity index (χ2n) is 3.58. The predicted molar refractivity (Wildman–Crippen MR) is 62.7 cm³/mol. The fraction of sp³-hybridized carbons (Fsp3) is 0.182. The molecule has 0 fully saturated rings. The van der Waals surface area contributed by atoms with Crippen molar-refractivity contribution in [1.29, 1.82) is 0 Å². The maximum Gasteiger partial charge on any atom is 0.227 e. The number of hydrogen-bond acceptors (Lipinski definition) is 5. The van der Waals surface area contributed by atoms with E-state index in [-0.39, 0.29) is 17.8 Å². The number of nitrogens with zero attached hydrogens (tertiary/aromatic N) is 3. The minimum atomic E-state index is -0.259. The number of anilines is 2. The highest BCUT2D eigenvalue weighted by Crippen LogP contribution is 2.16. The topological polar surface area (TPSA) is 76.7 Å². The maximum absolute atomic E-state index is 12.8. The number of halogens is 1. The summed E-state index contributed by atoms with van der Waals surface area (Å²) in [6.45, 7) is 1.92. The average molecular weight is 233 g/mol. The molecule has 1 aromatic carbocycles. The monoisotopic (exact) mass is 233 g/mol. The van der Waals surface area contributed by atoms with Crippen LogP contribution in [0.2, 0.25) is 0 Å². The summed E-state index contributed by atoms with van der Waals surface area (Å²) in [5.74, 6) is 0.300. The van der Waals surface area contributed by atoms with E-state index in [2.05, 4.69) is 20.3 Å². The summed E-state index contributed by atoms with van der Waals surface area (Å²) in [4.78, 5) is 11.6. The van der Waals surface area contributed by atoms with Gasteiger partial charge < -0.3 is 11.1 Å². The van der Waals surface area contributed by atoms with Crippen LogP contribution < -0.4 is 11.1 Å². The number of nitrogens with one attached hydrogen (secondary N) is 1. The quantitative estimate of drug-likeness (QED) is 0.844. The van der Waals surface area contributed by atoms with Crippen molar-refractivity contribution in [1.82, 2.24) is 15.0 Å². The van der Waals surface area contributed by atoms with Gasteiger partial charge >= 0.3 is 0 Å². The summed E-state index contributed by atoms with van der Waals surface area (Å²) in [6, 6.07) is 6.19. The van der Waals surface area contributed by atoms with Gasteiger partial charge in [-0.25, -0.2) is 14.4 Å². The van der Waals surface area contributed by atoms with Gasteiger partial charge in [0.1, 0.15) is 12.1 Å². The molecule has 0 spiro atoms. The van der Waals surface area contributed by atoms with Crippen molar-refractivity contribution in [3.63, 3.8) is 0 Å². The van der Waals surface area contributed by atoms with E-state index in [1.165, 1.54) is 18.5 Å². The Kier molecular flexibility index (Phi) is 3.13. The molecule has 3 N–H and O–H groups in total. The molecule has 5 nitrogen and oxygen atoms in total. The van der Waals surface area contributed by atoms with Crippen molar-refractivity contribution >= 4 is 11.9 Å². The molecule has 6 heteroatoms. The lowest BCUT2D eigenvalue weighted by atomic mass is 10.1. The van der Waals surface area contributed by atoms with Crippen LogP contribution in [0.3, 0.4) is 0 Å². The van der Waals surface area contributed by atoms with E-state index in [0.717, 1.165) is 5.56 Å². The Morgan fingerprint density at radius 1 is 1.24 bits per heavy atom. The largest absolute Gasteiger partial charge is 0.368 e. The molecule has 0 saturated carbocycles. The van der Waals surface area contributed by atoms with Crippen molar-refractivity contribution in [2.24, 2.45) is 0 Å². The highest BCUT2D eigenvalue weighted by atomic mass is 19.1. The predicted octanol–water partition coefficient (Wildman–Crippen LogP) is 1.77. The minimum absolute atomic E-state index is 0.0441. The smallest absolute Gasteiger partial charge is 0.227 e. The molecular formula is C11H12FN5. The first-order valence-corrected chi connectivity index (χ1v) is 5.11. The van der Waals surface area contributed by atoms with Crippen LogP contribution in [0.5, 0.6) is 0 Å². The molecular weight excluding hydrogens is 221 g/mol. The number of rotatable bonds is 3. The first-order chi connectivity index (χ1) is 8.15. The number of aromatic nitrogens is 3. The molecule has 17 heavy (non-hydrogen) atoms. The molecule has 0 amide bonds. The second kappa shape index (κ2) is 4.73. The lowest BCUT2D eigenvalue weighted by Gasteiger charge is -2.13. The number of nitrogens with two attached hydrogens (primary N) is 1. The van der Waals surface area contributed by atoms with Gasteiger partial charge in [-0.1, -0.05) is 12.1 Å². The van der Waals surface area contributed by atoms with Gasteiger partial charge in [0.25, 0.3) is 0 Å². The highest BCUT2D eigenvalue weighted by Gasteiger charge is 2.07. The molecule has 0 aliphatic carbocycles. The highest BCUT2D eigenvalue weighted by molar-refractivity contribution is 5.33. The van der Waals surface area contributed by atoms with E-state index in [1.807, 2.05) is 6.92 Å². The minimum Gasteiger partial charge on any atom is -0.368 e. The normalized spacial score (nSPS) is 12.1. The van der Waals surface area contributed by atoms with Crippen molar-refractivity contribution < 1.29 is 4.39 Å². The molecule has 1 aromatic heterocycles. The van der Waals surface area contributed by atoms with E-state index in [4.69, 9.17) is 5.73 Å². The standard InChI is InChI=1S/C11H12FN5/c1-7(8-2-4-9(12)5-3-8)16-11-15-6-14-10(13)17-11/h2-7H,1H3,(H3,13,14,15,16,17). The molecule has 2 aromatic rings. The number of benzene rings is 1. The van der Waals surface area contributed by atoms with Gasteiger partial charge in [-0.05, 0) is 24.6 Å². The lowest BCUT2D eigenvalue weighted by Crippen LogP contribution is -2.10. The summed E-state index contributed by atoms with van der Waals surface area (Å²) in [6.07, 6.45) is 1.34. The summed E-state index contributed by atoms with van der Waals surface area (Å²) in [7, 11) is 0. The molecule has 1 unspecified atom stereocenters. The van der Waals surface area contributed by atoms with Crippen LogP contribution >= 0.6 is 0 Å². The van der Waals surface area contributed by atoms with Gasteiger partial charge in [0, 0.05) is 0 Å². The van der Waals surface area contributed by atoms with Crippen LogP contribution in [0, 0.1) is 5.82 Å². The van der Waals surface area contributed by atoms with Gasteiger partial charge in [-0.15, -0.1) is 0 Å². The summed E-state index contributed by atoms with van der Waals surface area (Å²) in [5, 5.41) is 3.05. The van der Waals surface area contributed by atoms with Crippen molar-refractivity contribution in [2.45, 2.75) is 13.0 Å². The first kappa shape index (κ1) is 11.3. The Bertz CT molecular complexity index is 499. The molecule has 0 bridgehead atoms. The van der Waals surface area contributed by atoms with Crippen LogP contribution in [-0.4, -0.2) is 15.0 Å². The third kappa shape index (κ3) is 2.87. The average Bonchev–Trinajstić information content (AvgIpc) is 2.29. The fourth-order valence-corrected chi connectivity index (χ4v) is 1.41. The zero-order valence-electron chi connectivity index (χ0n) is 9.26. The van der Waals surface area contributed by atoms with Gasteiger partial charge in [-0.3, -0.25) is 0 Å². The number of hydrogen-bond donors (Lipinski definition) is 2. The van der Waals surface area contributed by atoms with Crippen LogP contribution in [0.15, 0.2) is 30.6 Å². The zero-order chi connectivity index (χ0) is 12.3. The van der Waals surface area contributed by atoms with Crippen LogP contribution in [0.25, 0.3) is 0 Å². The molecule has 1 heterocycles. The first-order valence-electron chi connectivity index (χ1n) is 5.11. The van der Waals surface area contributed by atoms with Crippen LogP contribution in [0.4, 0.5) is 16.3 Å². The molecule has 2 rings (SSSR count). The fourth-order valence-electron chi connectivity index (χ4n) is 1.41. The number of nitrogen functional groups attached to an aromatic ring is 1. The molecule has 0 aliphatic heterocycles. The molecule has 0 saturated heterocycles. The van der Waals surface area contributed by atoms with E-state index in [1.54, 1.807) is 12.1 Å². The van der Waals surface area contributed by atoms with Crippen molar-refractivity contribution in [2.75, 3.05) is 11.1 Å². The molecule has 1 atom stereocenters. The second-order valence-corrected chi connectivity index (χ2v) is 3.58. The van der Waals surface area contributed by atoms with E-state index in [0.29, 0.717) is 5.95 Å². The maximum atomic E-state index is 12.8. The van der Waals surface area contributed by atoms with Crippen LogP contribution in [0.1, 0.15) is 18.5 Å². The zero-order valence-corrected chi connectivity index (χ0v) is 9.26. The Morgan fingerprint density at radius 3 is 2.59 bits per heavy atom. The van der Waals surface area contributed by atoms with Crippen LogP contribution in [-0.2, 0) is 0 Å². The van der Waals surface area contributed by atoms with Crippen molar-refractivity contribution in [3.05, 3.63) is 42.0 Å². The van der Waals surface area contributed by atoms with Gasteiger partial charge in [0.2, 0.25) is 11.9 Å². The van der Waals surface area contributed by atoms with Gasteiger partial charge in [-0.2, -0.15) is 4.98 Å². The lowest BCUT2D eigenvalue weighted by molar-refractivity contribution is 0.626. The summed E-state index contributed by atoms with van der Waals surface area (Å²) in [5.41, 5.74) is 6.38. The molecule has 0 aliphatic rings. The Balaban J connectivity index is 2.11. The van der Waals surface area contributed by atoms with E-state index >= 15 is 0 Å². The molecule has 88 valence electrons. The Morgan fingerprint density at radius 2 is 1.94 bits per heavy atom. The van der Waals surface area contributed by atoms with E-state index in [9.17, 15) is 4.39 Å². The van der Waals surface area contributed by atoms with E-state index < -0.39 is 0 Å². The Labute approximate surface area is 97.9 Å². The SMILES string of the molecule is CC(Nc1ncnc(N)n1)c1ccc(F)cc1. The van der Waals surface area contributed by atoms with Crippen molar-refractivity contribution in [3.8, 4) is 0 Å². The third-order valence-electron chi connectivity index (χ3n) is 2.31. The Hall–Kier alpha value is -2.24. The molecule has 0 radical (unpaired) electrons. The van der Waals surface area contributed by atoms with Gasteiger partial charge in [0.05, 0.1) is 6.04 Å². The van der Waals surface area contributed by atoms with Gasteiger partial charge in [0.15, 0.2) is 0 Å². The summed E-state index contributed by atoms with van der Waals surface area (Å²) >= 11 is 0. The summed E-state index contributed by atoms with van der Waals surface area (Å²) < 4.78 is 12.8. The third-order valence-corrected chi connectivity index (χ3v) is 2.31.